The van der Waals surface area contributed by atoms with Crippen molar-refractivity contribution in [2.75, 3.05) is 6.61 Å². The van der Waals surface area contributed by atoms with Gasteiger partial charge in [0.05, 0.1) is 11.3 Å². The number of Topliss-reactive ketones (excluding diaryl/α,β-unsaturated/α-hetero) is 1. The van der Waals surface area contributed by atoms with E-state index in [-0.39, 0.29) is 12.4 Å². The first-order valence-corrected chi connectivity index (χ1v) is 9.57. The second-order valence-corrected chi connectivity index (χ2v) is 7.42. The number of ether oxygens (including phenoxy) is 1. The number of tetrazole rings is 1. The third-order valence-electron chi connectivity index (χ3n) is 4.86. The Bertz CT molecular complexity index is 988. The van der Waals surface area contributed by atoms with Gasteiger partial charge < -0.3 is 9.30 Å². The molecule has 0 aliphatic carbocycles. The molecule has 0 saturated heterocycles. The third-order valence-corrected chi connectivity index (χ3v) is 4.86. The Morgan fingerprint density at radius 3 is 2.48 bits per heavy atom. The summed E-state index contributed by atoms with van der Waals surface area (Å²) in [6.07, 6.45) is 2.50. The molecule has 1 aromatic carbocycles. The van der Waals surface area contributed by atoms with E-state index in [1.165, 1.54) is 11.0 Å². The fourth-order valence-electron chi connectivity index (χ4n) is 3.14. The minimum Gasteiger partial charge on any atom is -0.454 e. The van der Waals surface area contributed by atoms with Crippen molar-refractivity contribution in [2.24, 2.45) is 5.92 Å². The Morgan fingerprint density at radius 2 is 1.86 bits per heavy atom. The molecule has 0 unspecified atom stereocenters. The van der Waals surface area contributed by atoms with Crippen molar-refractivity contribution in [2.45, 2.75) is 40.7 Å². The number of carbonyl (C=O) groups is 2. The Morgan fingerprint density at radius 1 is 1.14 bits per heavy atom. The number of ketones is 1. The monoisotopic (exact) mass is 395 g/mol. The Kier molecular flexibility index (Phi) is 6.21. The van der Waals surface area contributed by atoms with Crippen LogP contribution >= 0.6 is 0 Å². The molecule has 2 heterocycles. The SMILES string of the molecule is Cc1cc(C(=O)COC(=O)c2ccc(-n3cnnn3)cc2)c(C)n1CCC(C)C. The molecule has 0 aliphatic heterocycles. The second kappa shape index (κ2) is 8.81. The molecule has 8 heteroatoms. The number of aromatic nitrogens is 5. The molecule has 0 atom stereocenters. The van der Waals surface area contributed by atoms with Crippen molar-refractivity contribution in [1.82, 2.24) is 24.8 Å². The van der Waals surface area contributed by atoms with Gasteiger partial charge in [0.15, 0.2) is 6.61 Å². The fraction of sp³-hybridized carbons (Fsp3) is 0.381. The highest BCUT2D eigenvalue weighted by Crippen LogP contribution is 2.18. The van der Waals surface area contributed by atoms with Crippen LogP contribution in [-0.4, -0.2) is 43.1 Å². The van der Waals surface area contributed by atoms with Crippen molar-refractivity contribution < 1.29 is 14.3 Å². The number of hydrogen-bond acceptors (Lipinski definition) is 6. The number of benzene rings is 1. The third kappa shape index (κ3) is 4.77. The van der Waals surface area contributed by atoms with E-state index < -0.39 is 5.97 Å². The molecule has 152 valence electrons. The second-order valence-electron chi connectivity index (χ2n) is 7.42. The highest BCUT2D eigenvalue weighted by Gasteiger charge is 2.18. The predicted molar refractivity (Wildman–Crippen MR) is 107 cm³/mol. The average molecular weight is 395 g/mol. The number of carbonyl (C=O) groups excluding carboxylic acids is 2. The maximum atomic E-state index is 12.6. The van der Waals surface area contributed by atoms with E-state index in [2.05, 4.69) is 33.9 Å². The summed E-state index contributed by atoms with van der Waals surface area (Å²) in [6, 6.07) is 8.50. The number of esters is 1. The van der Waals surface area contributed by atoms with Crippen LogP contribution in [0.4, 0.5) is 0 Å². The van der Waals surface area contributed by atoms with E-state index in [9.17, 15) is 9.59 Å². The molecule has 8 nitrogen and oxygen atoms in total. The highest BCUT2D eigenvalue weighted by atomic mass is 16.5. The summed E-state index contributed by atoms with van der Waals surface area (Å²) < 4.78 is 8.86. The zero-order valence-electron chi connectivity index (χ0n) is 17.1. The summed E-state index contributed by atoms with van der Waals surface area (Å²) in [5.74, 6) is -0.161. The van der Waals surface area contributed by atoms with Crippen LogP contribution < -0.4 is 0 Å². The van der Waals surface area contributed by atoms with Crippen LogP contribution in [0.25, 0.3) is 5.69 Å². The Labute approximate surface area is 169 Å². The van der Waals surface area contributed by atoms with E-state index in [1.807, 2.05) is 19.9 Å². The average Bonchev–Trinajstić information content (AvgIpc) is 3.33. The first kappa shape index (κ1) is 20.4. The minimum atomic E-state index is -0.546. The maximum Gasteiger partial charge on any atom is 0.338 e. The summed E-state index contributed by atoms with van der Waals surface area (Å²) in [6.45, 7) is 8.85. The molecule has 0 fully saturated rings. The zero-order valence-corrected chi connectivity index (χ0v) is 17.1. The van der Waals surface area contributed by atoms with Crippen molar-refractivity contribution in [3.8, 4) is 5.69 Å². The zero-order chi connectivity index (χ0) is 21.0. The summed E-state index contributed by atoms with van der Waals surface area (Å²) in [5, 5.41) is 10.9. The van der Waals surface area contributed by atoms with Gasteiger partial charge in [-0.3, -0.25) is 4.79 Å². The van der Waals surface area contributed by atoms with E-state index in [0.29, 0.717) is 17.0 Å². The molecule has 0 saturated carbocycles. The highest BCUT2D eigenvalue weighted by molar-refractivity contribution is 6.00. The van der Waals surface area contributed by atoms with E-state index in [1.54, 1.807) is 24.3 Å². The minimum absolute atomic E-state index is 0.201. The van der Waals surface area contributed by atoms with Gasteiger partial charge in [0, 0.05) is 23.5 Å². The molecule has 29 heavy (non-hydrogen) atoms. The molecule has 0 amide bonds. The van der Waals surface area contributed by atoms with Crippen LogP contribution in [0.1, 0.15) is 52.4 Å². The normalized spacial score (nSPS) is 11.1. The molecule has 3 rings (SSSR count). The first-order chi connectivity index (χ1) is 13.9. The van der Waals surface area contributed by atoms with Gasteiger partial charge in [-0.15, -0.1) is 5.10 Å². The number of aryl methyl sites for hydroxylation is 1. The summed E-state index contributed by atoms with van der Waals surface area (Å²) in [7, 11) is 0. The Balaban J connectivity index is 1.61. The standard InChI is InChI=1S/C21H25N5O3/c1-14(2)9-10-25-15(3)11-19(16(25)4)20(27)12-29-21(28)17-5-7-18(8-6-17)26-13-22-23-24-26/h5-8,11,13-14H,9-10,12H2,1-4H3. The molecule has 0 radical (unpaired) electrons. The molecule has 0 aliphatic rings. The van der Waals surface area contributed by atoms with Crippen LogP contribution in [0.3, 0.4) is 0 Å². The fourth-order valence-corrected chi connectivity index (χ4v) is 3.14. The Hall–Kier alpha value is -3.29. The largest absolute Gasteiger partial charge is 0.454 e. The van der Waals surface area contributed by atoms with E-state index >= 15 is 0 Å². The van der Waals surface area contributed by atoms with Crippen molar-refractivity contribution >= 4 is 11.8 Å². The van der Waals surface area contributed by atoms with Crippen LogP contribution in [-0.2, 0) is 11.3 Å². The maximum absolute atomic E-state index is 12.6. The van der Waals surface area contributed by atoms with Gasteiger partial charge in [-0.2, -0.15) is 0 Å². The van der Waals surface area contributed by atoms with E-state index in [4.69, 9.17) is 4.74 Å². The molecule has 3 aromatic rings. The summed E-state index contributed by atoms with van der Waals surface area (Å²) >= 11 is 0. The van der Waals surface area contributed by atoms with Crippen LogP contribution in [0.15, 0.2) is 36.7 Å². The van der Waals surface area contributed by atoms with Crippen LogP contribution in [0.2, 0.25) is 0 Å². The first-order valence-electron chi connectivity index (χ1n) is 9.57. The topological polar surface area (TPSA) is 91.9 Å². The molecule has 0 spiro atoms. The van der Waals surface area contributed by atoms with Gasteiger partial charge >= 0.3 is 5.97 Å². The molecule has 0 N–H and O–H groups in total. The van der Waals surface area contributed by atoms with Crippen LogP contribution in [0, 0.1) is 19.8 Å². The number of hydrogen-bond donors (Lipinski definition) is 0. The quantitative estimate of drug-likeness (QED) is 0.430. The lowest BCUT2D eigenvalue weighted by Gasteiger charge is -2.11. The van der Waals surface area contributed by atoms with Gasteiger partial charge in [-0.1, -0.05) is 13.8 Å². The summed E-state index contributed by atoms with van der Waals surface area (Å²) in [4.78, 5) is 24.9. The van der Waals surface area contributed by atoms with Gasteiger partial charge in [0.1, 0.15) is 6.33 Å². The lowest BCUT2D eigenvalue weighted by Crippen LogP contribution is -2.15. The number of nitrogens with zero attached hydrogens (tertiary/aromatic N) is 5. The molecular weight excluding hydrogens is 370 g/mol. The molecule has 2 aromatic heterocycles. The van der Waals surface area contributed by atoms with Gasteiger partial charge in [0.2, 0.25) is 5.78 Å². The van der Waals surface area contributed by atoms with Crippen molar-refractivity contribution in [3.63, 3.8) is 0 Å². The number of rotatable bonds is 8. The lowest BCUT2D eigenvalue weighted by atomic mass is 10.1. The van der Waals surface area contributed by atoms with Crippen LogP contribution in [0.5, 0.6) is 0 Å². The molecule has 0 bridgehead atoms. The van der Waals surface area contributed by atoms with Crippen molar-refractivity contribution in [3.05, 3.63) is 59.2 Å². The molecular formula is C21H25N5O3. The lowest BCUT2D eigenvalue weighted by molar-refractivity contribution is 0.0474. The smallest absolute Gasteiger partial charge is 0.338 e. The van der Waals surface area contributed by atoms with E-state index in [0.717, 1.165) is 30.0 Å². The van der Waals surface area contributed by atoms with Gasteiger partial charge in [-0.05, 0) is 66.9 Å². The van der Waals surface area contributed by atoms with Gasteiger partial charge in [0.25, 0.3) is 0 Å². The summed E-state index contributed by atoms with van der Waals surface area (Å²) in [5.41, 5.74) is 3.63. The van der Waals surface area contributed by atoms with Gasteiger partial charge in [-0.25, -0.2) is 9.48 Å². The van der Waals surface area contributed by atoms with Crippen molar-refractivity contribution in [1.29, 1.82) is 0 Å². The predicted octanol–water partition coefficient (Wildman–Crippen LogP) is 3.17.